The Labute approximate surface area is 215 Å². The number of unbranched alkanes of at least 4 members (excludes halogenated alkanes) is 1. The van der Waals surface area contributed by atoms with E-state index in [4.69, 9.17) is 30.1 Å². The van der Waals surface area contributed by atoms with Gasteiger partial charge in [-0.05, 0) is 36.1 Å². The Kier molecular flexibility index (Phi) is 9.88. The highest BCUT2D eigenvalue weighted by Gasteiger charge is 2.34. The van der Waals surface area contributed by atoms with E-state index in [0.29, 0.717) is 24.2 Å². The van der Waals surface area contributed by atoms with Crippen LogP contribution >= 0.6 is 0 Å². The zero-order valence-electron chi connectivity index (χ0n) is 21.0. The van der Waals surface area contributed by atoms with E-state index in [2.05, 4.69) is 5.32 Å². The van der Waals surface area contributed by atoms with Gasteiger partial charge in [0.2, 0.25) is 12.2 Å². The Bertz CT molecular complexity index is 1090. The smallest absolute Gasteiger partial charge is 0.491 e. The highest BCUT2D eigenvalue weighted by atomic mass is 16.8. The van der Waals surface area contributed by atoms with Gasteiger partial charge in [-0.15, -0.1) is 0 Å². The first-order valence-corrected chi connectivity index (χ1v) is 12.3. The molecule has 2 aromatic rings. The van der Waals surface area contributed by atoms with Crippen LogP contribution < -0.4 is 15.8 Å². The topological polar surface area (TPSA) is 150 Å². The molecule has 1 saturated heterocycles. The third kappa shape index (κ3) is 8.52. The van der Waals surface area contributed by atoms with E-state index in [1.165, 1.54) is 6.92 Å². The van der Waals surface area contributed by atoms with Gasteiger partial charge in [0, 0.05) is 12.5 Å². The molecule has 2 aromatic carbocycles. The molecule has 1 amide bonds. The molecule has 4 N–H and O–H groups in total. The molecular weight excluding hydrogens is 478 g/mol. The van der Waals surface area contributed by atoms with Crippen molar-refractivity contribution in [2.75, 3.05) is 13.2 Å². The average molecular weight is 512 g/mol. The molecule has 1 aliphatic heterocycles. The van der Waals surface area contributed by atoms with Crippen LogP contribution in [0.2, 0.25) is 0 Å². The van der Waals surface area contributed by atoms with Crippen molar-refractivity contribution in [1.29, 1.82) is 5.41 Å². The van der Waals surface area contributed by atoms with E-state index >= 15 is 0 Å². The third-order valence-electron chi connectivity index (χ3n) is 5.81. The predicted octanol–water partition coefficient (Wildman–Crippen LogP) is 3.75. The zero-order valence-corrected chi connectivity index (χ0v) is 21.0. The number of carbonyl (C=O) groups excluding carboxylic acids is 3. The molecule has 37 heavy (non-hydrogen) atoms. The second kappa shape index (κ2) is 13.3. The number of nitrogens with one attached hydrogen (secondary N) is 2. The van der Waals surface area contributed by atoms with E-state index in [0.717, 1.165) is 17.5 Å². The molecule has 0 spiro atoms. The lowest BCUT2D eigenvalue weighted by atomic mass is 10.0. The molecule has 1 fully saturated rings. The lowest BCUT2D eigenvalue weighted by molar-refractivity contribution is -0.169. The van der Waals surface area contributed by atoms with Crippen LogP contribution in [0.5, 0.6) is 5.75 Å². The molecule has 0 aliphatic carbocycles. The summed E-state index contributed by atoms with van der Waals surface area (Å²) >= 11 is 0. The minimum Gasteiger partial charge on any atom is -0.491 e. The van der Waals surface area contributed by atoms with Gasteiger partial charge >= 0.3 is 12.1 Å². The highest BCUT2D eigenvalue weighted by Crippen LogP contribution is 2.24. The number of rotatable bonds is 12. The fraction of sp³-hybridized carbons (Fsp3) is 0.407. The van der Waals surface area contributed by atoms with Gasteiger partial charge in [-0.2, -0.15) is 0 Å². The third-order valence-corrected chi connectivity index (χ3v) is 5.81. The maximum Gasteiger partial charge on any atom is 0.511 e. The monoisotopic (exact) mass is 511 g/mol. The standard InChI is InChI=1S/C27H33N3O7/c1-3-4-13-34-27(33)37-17(2)36-24(31)15-21-14-22(30-26(21)32)16-35-23-11-9-19(10-12-23)18-5-7-20(8-6-18)25(28)29/h5-12,17,21-22H,3-4,13-16H2,1-2H3,(H3,28,29)(H,30,32)/t17?,21-,22-/m0/s1. The summed E-state index contributed by atoms with van der Waals surface area (Å²) in [6.07, 6.45) is -0.128. The molecule has 0 radical (unpaired) electrons. The number of nitrogens with two attached hydrogens (primary N) is 1. The highest BCUT2D eigenvalue weighted by molar-refractivity contribution is 5.95. The summed E-state index contributed by atoms with van der Waals surface area (Å²) < 4.78 is 20.7. The first-order chi connectivity index (χ1) is 17.7. The summed E-state index contributed by atoms with van der Waals surface area (Å²) in [5, 5.41) is 10.3. The van der Waals surface area contributed by atoms with Gasteiger partial charge in [-0.25, -0.2) is 4.79 Å². The number of nitrogen functional groups attached to an aromatic ring is 1. The predicted molar refractivity (Wildman–Crippen MR) is 136 cm³/mol. The number of hydrogen-bond donors (Lipinski definition) is 3. The molecule has 1 unspecified atom stereocenters. The lowest BCUT2D eigenvalue weighted by Gasteiger charge is -2.15. The number of carbonyl (C=O) groups is 3. The summed E-state index contributed by atoms with van der Waals surface area (Å²) in [5.74, 6) is -0.759. The van der Waals surface area contributed by atoms with Crippen LogP contribution in [0.25, 0.3) is 11.1 Å². The minimum atomic E-state index is -1.11. The molecule has 3 rings (SSSR count). The van der Waals surface area contributed by atoms with Gasteiger partial charge in [-0.3, -0.25) is 15.0 Å². The van der Waals surface area contributed by atoms with E-state index < -0.39 is 24.3 Å². The van der Waals surface area contributed by atoms with Crippen LogP contribution in [0.15, 0.2) is 48.5 Å². The second-order valence-electron chi connectivity index (χ2n) is 8.80. The molecule has 10 heteroatoms. The van der Waals surface area contributed by atoms with Crippen molar-refractivity contribution in [2.45, 2.75) is 51.9 Å². The van der Waals surface area contributed by atoms with Crippen LogP contribution in [0, 0.1) is 11.3 Å². The molecule has 198 valence electrons. The maximum atomic E-state index is 12.3. The molecule has 1 heterocycles. The summed E-state index contributed by atoms with van der Waals surface area (Å²) in [6.45, 7) is 3.87. The SMILES string of the molecule is CCCCOC(=O)OC(C)OC(=O)C[C@@H]1C[C@@H](COc2ccc(-c3ccc(C(=N)N)cc3)cc2)NC1=O. The number of amidine groups is 1. The molecule has 0 aromatic heterocycles. The Morgan fingerprint density at radius 1 is 1.08 bits per heavy atom. The number of benzene rings is 2. The number of amides is 1. The summed E-state index contributed by atoms with van der Waals surface area (Å²) in [5.41, 5.74) is 8.14. The first kappa shape index (κ1) is 27.5. The molecule has 3 atom stereocenters. The molecule has 1 aliphatic rings. The van der Waals surface area contributed by atoms with Crippen molar-refractivity contribution in [1.82, 2.24) is 5.32 Å². The van der Waals surface area contributed by atoms with Crippen LogP contribution in [-0.2, 0) is 23.8 Å². The summed E-state index contributed by atoms with van der Waals surface area (Å²) in [4.78, 5) is 36.0. The van der Waals surface area contributed by atoms with Crippen molar-refractivity contribution >= 4 is 23.9 Å². The van der Waals surface area contributed by atoms with Crippen molar-refractivity contribution in [3.05, 3.63) is 54.1 Å². The van der Waals surface area contributed by atoms with Gasteiger partial charge in [0.1, 0.15) is 18.2 Å². The van der Waals surface area contributed by atoms with Gasteiger partial charge in [0.05, 0.1) is 25.0 Å². The fourth-order valence-corrected chi connectivity index (χ4v) is 3.82. The van der Waals surface area contributed by atoms with E-state index in [-0.39, 0.29) is 37.4 Å². The van der Waals surface area contributed by atoms with E-state index in [1.54, 1.807) is 12.1 Å². The first-order valence-electron chi connectivity index (χ1n) is 12.3. The molecule has 0 bridgehead atoms. The number of ether oxygens (including phenoxy) is 4. The largest absolute Gasteiger partial charge is 0.511 e. The Balaban J connectivity index is 1.41. The van der Waals surface area contributed by atoms with Crippen LogP contribution in [0.3, 0.4) is 0 Å². The second-order valence-corrected chi connectivity index (χ2v) is 8.80. The summed E-state index contributed by atoms with van der Waals surface area (Å²) in [7, 11) is 0. The maximum absolute atomic E-state index is 12.3. The van der Waals surface area contributed by atoms with Crippen molar-refractivity contribution in [2.24, 2.45) is 11.7 Å². The zero-order chi connectivity index (χ0) is 26.8. The average Bonchev–Trinajstić information content (AvgIpc) is 3.21. The van der Waals surface area contributed by atoms with Gasteiger partial charge < -0.3 is 30.0 Å². The lowest BCUT2D eigenvalue weighted by Crippen LogP contribution is -2.31. The van der Waals surface area contributed by atoms with E-state index in [1.807, 2.05) is 43.3 Å². The van der Waals surface area contributed by atoms with E-state index in [9.17, 15) is 14.4 Å². The van der Waals surface area contributed by atoms with Crippen molar-refractivity contribution in [3.8, 4) is 16.9 Å². The van der Waals surface area contributed by atoms with Crippen LogP contribution in [-0.4, -0.2) is 49.4 Å². The normalized spacial score (nSPS) is 17.4. The quantitative estimate of drug-likeness (QED) is 0.128. The minimum absolute atomic E-state index is 0.0248. The van der Waals surface area contributed by atoms with Crippen molar-refractivity contribution < 1.29 is 33.3 Å². The summed E-state index contributed by atoms with van der Waals surface area (Å²) in [6, 6.07) is 14.7. The van der Waals surface area contributed by atoms with Crippen LogP contribution in [0.1, 0.15) is 45.1 Å². The van der Waals surface area contributed by atoms with Crippen LogP contribution in [0.4, 0.5) is 4.79 Å². The van der Waals surface area contributed by atoms with Gasteiger partial charge in [-0.1, -0.05) is 49.7 Å². The van der Waals surface area contributed by atoms with Gasteiger partial charge in [0.25, 0.3) is 0 Å². The Morgan fingerprint density at radius 2 is 1.73 bits per heavy atom. The Hall–Kier alpha value is -4.08. The number of esters is 1. The van der Waals surface area contributed by atoms with Crippen molar-refractivity contribution in [3.63, 3.8) is 0 Å². The molecule has 0 saturated carbocycles. The fourth-order valence-electron chi connectivity index (χ4n) is 3.82. The van der Waals surface area contributed by atoms with Gasteiger partial charge in [0.15, 0.2) is 0 Å². The Morgan fingerprint density at radius 3 is 2.35 bits per heavy atom. The molecular formula is C27H33N3O7. The number of hydrogen-bond acceptors (Lipinski definition) is 8. The molecule has 10 nitrogen and oxygen atoms in total.